The fourth-order valence-corrected chi connectivity index (χ4v) is 4.56. The summed E-state index contributed by atoms with van der Waals surface area (Å²) in [5, 5.41) is 5.10. The maximum Gasteiger partial charge on any atom is 0.335 e. The monoisotopic (exact) mass is 586 g/mol. The molecule has 0 aliphatic rings. The maximum atomic E-state index is 14.1. The van der Waals surface area contributed by atoms with Crippen molar-refractivity contribution in [2.24, 2.45) is 0 Å². The summed E-state index contributed by atoms with van der Waals surface area (Å²) in [5.74, 6) is -2.76. The molecule has 1 aromatic heterocycles. The Morgan fingerprint density at radius 1 is 0.477 bits per heavy atom. The second kappa shape index (κ2) is 13.2. The van der Waals surface area contributed by atoms with E-state index in [-0.39, 0.29) is 22.3 Å². The molecule has 44 heavy (non-hydrogen) atoms. The molecule has 2 N–H and O–H groups in total. The Bertz CT molecular complexity index is 1920. The molecule has 0 saturated heterocycles. The topological polar surface area (TPSA) is 136 Å². The molecule has 2 amide bonds. The minimum atomic E-state index is -1.78. The van der Waals surface area contributed by atoms with E-state index in [0.717, 1.165) is 16.8 Å². The van der Waals surface area contributed by atoms with Gasteiger partial charge in [-0.3, -0.25) is 28.5 Å². The van der Waals surface area contributed by atoms with Crippen molar-refractivity contribution in [3.05, 3.63) is 177 Å². The number of hydrogen-bond acceptors (Lipinski definition) is 6. The van der Waals surface area contributed by atoms with E-state index in [4.69, 9.17) is 0 Å². The molecule has 5 rings (SSSR count). The number of rotatable bonds is 10. The summed E-state index contributed by atoms with van der Waals surface area (Å²) in [4.78, 5) is 81.3. The summed E-state index contributed by atoms with van der Waals surface area (Å²) < 4.78 is 1.42. The number of hydrogen-bond donors (Lipinski definition) is 2. The highest BCUT2D eigenvalue weighted by Crippen LogP contribution is 2.15. The summed E-state index contributed by atoms with van der Waals surface area (Å²) in [5.41, 5.74) is -1.29. The first kappa shape index (κ1) is 29.3. The van der Waals surface area contributed by atoms with E-state index in [2.05, 4.69) is 10.6 Å². The van der Waals surface area contributed by atoms with Gasteiger partial charge in [0.2, 0.25) is 11.6 Å². The lowest BCUT2D eigenvalue weighted by Crippen LogP contribution is -2.53. The molecule has 4 aromatic carbocycles. The van der Waals surface area contributed by atoms with Crippen LogP contribution in [0.1, 0.15) is 53.8 Å². The van der Waals surface area contributed by atoms with Crippen LogP contribution in [0.25, 0.3) is 0 Å². The van der Waals surface area contributed by atoms with E-state index < -0.39 is 47.0 Å². The molecule has 10 heteroatoms. The standard InChI is InChI=1S/C34H26N4O6/c39-27-21-22-37(30(28(40)23-13-5-1-6-14-23)35-32(42)25-17-9-3-10-18-25)34(44)38(27)31(29(41)24-15-7-2-8-16-24)36-33(43)26-19-11-4-12-20-26/h1-22,30-31H,(H,35,42)(H,36,43). The Balaban J connectivity index is 1.64. The number of ketones is 2. The number of nitrogens with zero attached hydrogens (tertiary/aromatic N) is 2. The Morgan fingerprint density at radius 3 is 1.27 bits per heavy atom. The fourth-order valence-electron chi connectivity index (χ4n) is 4.56. The van der Waals surface area contributed by atoms with Crippen LogP contribution in [-0.4, -0.2) is 32.5 Å². The summed E-state index contributed by atoms with van der Waals surface area (Å²) >= 11 is 0. The summed E-state index contributed by atoms with van der Waals surface area (Å²) in [6, 6.07) is 32.9. The quantitative estimate of drug-likeness (QED) is 0.240. The van der Waals surface area contributed by atoms with Crippen LogP contribution in [0.5, 0.6) is 0 Å². The number of carbonyl (C=O) groups excluding carboxylic acids is 4. The molecule has 10 nitrogen and oxygen atoms in total. The zero-order chi connectivity index (χ0) is 31.1. The molecule has 5 aromatic rings. The molecule has 2 atom stereocenters. The van der Waals surface area contributed by atoms with Crippen molar-refractivity contribution in [3.8, 4) is 0 Å². The molecule has 0 radical (unpaired) electrons. The summed E-state index contributed by atoms with van der Waals surface area (Å²) in [6.45, 7) is 0. The lowest BCUT2D eigenvalue weighted by molar-refractivity contribution is 0.0790. The number of aromatic nitrogens is 2. The smallest absolute Gasteiger partial charge is 0.325 e. The van der Waals surface area contributed by atoms with Gasteiger partial charge in [-0.25, -0.2) is 9.36 Å². The molecule has 0 saturated carbocycles. The highest BCUT2D eigenvalue weighted by Gasteiger charge is 2.31. The van der Waals surface area contributed by atoms with Crippen LogP contribution < -0.4 is 21.9 Å². The zero-order valence-electron chi connectivity index (χ0n) is 23.2. The average molecular weight is 587 g/mol. The zero-order valence-corrected chi connectivity index (χ0v) is 23.2. The molecular weight excluding hydrogens is 560 g/mol. The Morgan fingerprint density at radius 2 is 0.841 bits per heavy atom. The van der Waals surface area contributed by atoms with Gasteiger partial charge in [-0.1, -0.05) is 97.1 Å². The lowest BCUT2D eigenvalue weighted by Gasteiger charge is -2.24. The van der Waals surface area contributed by atoms with Crippen molar-refractivity contribution < 1.29 is 19.2 Å². The van der Waals surface area contributed by atoms with Crippen LogP contribution in [0.4, 0.5) is 0 Å². The predicted octanol–water partition coefficient (Wildman–Crippen LogP) is 3.63. The van der Waals surface area contributed by atoms with Crippen molar-refractivity contribution in [3.63, 3.8) is 0 Å². The number of Topliss-reactive ketones (excluding diaryl/α,β-unsaturated/α-hetero) is 2. The summed E-state index contributed by atoms with van der Waals surface area (Å²) in [7, 11) is 0. The van der Waals surface area contributed by atoms with Gasteiger partial charge in [0.05, 0.1) is 0 Å². The average Bonchev–Trinajstić information content (AvgIpc) is 3.08. The molecule has 0 aliphatic carbocycles. The fraction of sp³-hybridized carbons (Fsp3) is 0.0588. The van der Waals surface area contributed by atoms with Crippen molar-refractivity contribution in [1.82, 2.24) is 19.8 Å². The molecule has 0 aliphatic heterocycles. The maximum absolute atomic E-state index is 14.1. The molecular formula is C34H26N4O6. The van der Waals surface area contributed by atoms with E-state index in [1.54, 1.807) is 72.8 Å². The second-order valence-corrected chi connectivity index (χ2v) is 9.66. The third-order valence-electron chi connectivity index (χ3n) is 6.80. The van der Waals surface area contributed by atoms with Gasteiger partial charge in [0.15, 0.2) is 12.3 Å². The second-order valence-electron chi connectivity index (χ2n) is 9.66. The van der Waals surface area contributed by atoms with E-state index in [1.807, 2.05) is 0 Å². The minimum absolute atomic E-state index is 0.127. The van der Waals surface area contributed by atoms with Crippen molar-refractivity contribution in [2.45, 2.75) is 12.3 Å². The Kier molecular flexibility index (Phi) is 8.81. The SMILES string of the molecule is O=C(NC(C(=O)c1ccccc1)n1ccc(=O)n(C(NC(=O)c2ccccc2)C(=O)c2ccccc2)c1=O)c1ccccc1. The van der Waals surface area contributed by atoms with Crippen LogP contribution in [0.2, 0.25) is 0 Å². The highest BCUT2D eigenvalue weighted by molar-refractivity contribution is 6.04. The van der Waals surface area contributed by atoms with Crippen LogP contribution >= 0.6 is 0 Å². The molecule has 2 unspecified atom stereocenters. The third-order valence-corrected chi connectivity index (χ3v) is 6.80. The van der Waals surface area contributed by atoms with Gasteiger partial charge in [-0.2, -0.15) is 0 Å². The van der Waals surface area contributed by atoms with Gasteiger partial charge in [-0.15, -0.1) is 0 Å². The van der Waals surface area contributed by atoms with E-state index in [0.29, 0.717) is 4.57 Å². The lowest BCUT2D eigenvalue weighted by atomic mass is 10.1. The van der Waals surface area contributed by atoms with Gasteiger partial charge < -0.3 is 10.6 Å². The molecule has 218 valence electrons. The van der Waals surface area contributed by atoms with Gasteiger partial charge >= 0.3 is 5.69 Å². The summed E-state index contributed by atoms with van der Waals surface area (Å²) in [6.07, 6.45) is -2.32. The van der Waals surface area contributed by atoms with Crippen LogP contribution in [0.3, 0.4) is 0 Å². The van der Waals surface area contributed by atoms with Gasteiger partial charge in [0, 0.05) is 34.5 Å². The molecule has 0 spiro atoms. The first-order valence-corrected chi connectivity index (χ1v) is 13.6. The van der Waals surface area contributed by atoms with E-state index in [9.17, 15) is 28.8 Å². The predicted molar refractivity (Wildman–Crippen MR) is 162 cm³/mol. The van der Waals surface area contributed by atoms with Crippen LogP contribution in [-0.2, 0) is 0 Å². The Hall–Kier alpha value is -6.16. The molecule has 0 bridgehead atoms. The van der Waals surface area contributed by atoms with Gasteiger partial charge in [0.1, 0.15) is 0 Å². The molecule has 1 heterocycles. The number of benzene rings is 4. The van der Waals surface area contributed by atoms with Gasteiger partial charge in [0.25, 0.3) is 17.4 Å². The molecule has 0 fully saturated rings. The van der Waals surface area contributed by atoms with E-state index in [1.165, 1.54) is 48.5 Å². The minimum Gasteiger partial charge on any atom is -0.325 e. The van der Waals surface area contributed by atoms with Gasteiger partial charge in [-0.05, 0) is 24.3 Å². The van der Waals surface area contributed by atoms with E-state index >= 15 is 0 Å². The normalized spacial score (nSPS) is 12.0. The third kappa shape index (κ3) is 6.34. The first-order chi connectivity index (χ1) is 21.3. The highest BCUT2D eigenvalue weighted by atomic mass is 16.2. The first-order valence-electron chi connectivity index (χ1n) is 13.6. The van der Waals surface area contributed by atoms with Crippen LogP contribution in [0, 0.1) is 0 Å². The van der Waals surface area contributed by atoms with Crippen LogP contribution in [0.15, 0.2) is 143 Å². The largest absolute Gasteiger partial charge is 0.335 e. The van der Waals surface area contributed by atoms with Crippen molar-refractivity contribution in [2.75, 3.05) is 0 Å². The number of carbonyl (C=O) groups is 4. The number of nitrogens with one attached hydrogen (secondary N) is 2. The Labute approximate surface area is 251 Å². The van der Waals surface area contributed by atoms with Crippen molar-refractivity contribution >= 4 is 23.4 Å². The number of amides is 2. The van der Waals surface area contributed by atoms with Crippen molar-refractivity contribution in [1.29, 1.82) is 0 Å².